The van der Waals surface area contributed by atoms with E-state index in [0.29, 0.717) is 11.8 Å². The summed E-state index contributed by atoms with van der Waals surface area (Å²) in [7, 11) is 0. The van der Waals surface area contributed by atoms with Gasteiger partial charge in [-0.1, -0.05) is 72.8 Å². The lowest BCUT2D eigenvalue weighted by atomic mass is 10.2. The third-order valence-electron chi connectivity index (χ3n) is 3.41. The van der Waals surface area contributed by atoms with Crippen LogP contribution in [-0.2, 0) is 13.1 Å². The Morgan fingerprint density at radius 2 is 1.17 bits per heavy atom. The van der Waals surface area contributed by atoms with Gasteiger partial charge in [0.1, 0.15) is 5.75 Å². The topological polar surface area (TPSA) is 49.3 Å². The molecule has 3 aromatic carbocycles. The molecule has 0 atom stereocenters. The highest BCUT2D eigenvalue weighted by Gasteiger charge is 1.93. The van der Waals surface area contributed by atoms with E-state index >= 15 is 0 Å². The second kappa shape index (κ2) is 9.98. The van der Waals surface area contributed by atoms with Crippen molar-refractivity contribution >= 4 is 6.29 Å². The van der Waals surface area contributed by atoms with Crippen LogP contribution in [0.15, 0.2) is 84.9 Å². The van der Waals surface area contributed by atoms with Crippen molar-refractivity contribution in [3.8, 4) is 5.75 Å². The van der Waals surface area contributed by atoms with Gasteiger partial charge in [-0.05, 0) is 23.3 Å². The fourth-order valence-corrected chi connectivity index (χ4v) is 2.13. The molecule has 3 heteroatoms. The van der Waals surface area contributed by atoms with Crippen molar-refractivity contribution in [1.82, 2.24) is 5.32 Å². The molecule has 122 valence electrons. The molecule has 0 saturated heterocycles. The number of phenols is 1. The molecule has 3 aromatic rings. The van der Waals surface area contributed by atoms with Crippen LogP contribution in [0.25, 0.3) is 0 Å². The third kappa shape index (κ3) is 6.07. The number of para-hydroxylation sites is 1. The van der Waals surface area contributed by atoms with Crippen molar-refractivity contribution in [2.75, 3.05) is 0 Å². The number of phenolic OH excluding ortho intramolecular Hbond substituents is 1. The minimum absolute atomic E-state index is 0.0347. The van der Waals surface area contributed by atoms with E-state index in [4.69, 9.17) is 5.11 Å². The Hall–Kier alpha value is -2.91. The standard InChI is InChI=1S/C14H15N.C7H6O2/c1-3-7-13(8-4-1)11-15-12-14-9-5-2-6-10-14;8-5-6-3-1-2-4-7(6)9/h1-10,15H,11-12H2;1-5,9H. The number of aromatic hydroxyl groups is 1. The summed E-state index contributed by atoms with van der Waals surface area (Å²) in [4.78, 5) is 10.1. The van der Waals surface area contributed by atoms with Gasteiger partial charge in [-0.3, -0.25) is 4.79 Å². The van der Waals surface area contributed by atoms with Crippen LogP contribution in [-0.4, -0.2) is 11.4 Å². The minimum atomic E-state index is 0.0347. The van der Waals surface area contributed by atoms with Gasteiger partial charge in [-0.15, -0.1) is 0 Å². The van der Waals surface area contributed by atoms with Crippen LogP contribution in [0.4, 0.5) is 0 Å². The lowest BCUT2D eigenvalue weighted by Gasteiger charge is -2.04. The van der Waals surface area contributed by atoms with Crippen molar-refractivity contribution in [2.24, 2.45) is 0 Å². The number of carbonyl (C=O) groups is 1. The fraction of sp³-hybridized carbons (Fsp3) is 0.0952. The van der Waals surface area contributed by atoms with Crippen molar-refractivity contribution < 1.29 is 9.90 Å². The van der Waals surface area contributed by atoms with E-state index in [0.717, 1.165) is 13.1 Å². The van der Waals surface area contributed by atoms with Crippen molar-refractivity contribution in [3.63, 3.8) is 0 Å². The number of hydrogen-bond donors (Lipinski definition) is 2. The molecule has 0 unspecified atom stereocenters. The predicted molar refractivity (Wildman–Crippen MR) is 96.9 cm³/mol. The SMILES string of the molecule is O=Cc1ccccc1O.c1ccc(CNCc2ccccc2)cc1. The fourth-order valence-electron chi connectivity index (χ4n) is 2.13. The number of aldehydes is 1. The first kappa shape index (κ1) is 17.4. The lowest BCUT2D eigenvalue weighted by molar-refractivity contribution is 0.112. The Morgan fingerprint density at radius 3 is 1.58 bits per heavy atom. The molecule has 2 N–H and O–H groups in total. The highest BCUT2D eigenvalue weighted by atomic mass is 16.3. The van der Waals surface area contributed by atoms with E-state index in [1.54, 1.807) is 18.2 Å². The Balaban J connectivity index is 0.000000198. The van der Waals surface area contributed by atoms with Gasteiger partial charge in [-0.25, -0.2) is 0 Å². The van der Waals surface area contributed by atoms with Crippen LogP contribution in [0, 0.1) is 0 Å². The number of benzene rings is 3. The molecule has 0 aliphatic heterocycles. The average molecular weight is 319 g/mol. The van der Waals surface area contributed by atoms with Crippen LogP contribution < -0.4 is 5.32 Å². The molecule has 0 amide bonds. The zero-order valence-electron chi connectivity index (χ0n) is 13.4. The molecule has 24 heavy (non-hydrogen) atoms. The van der Waals surface area contributed by atoms with Gasteiger partial charge in [0.15, 0.2) is 6.29 Å². The quantitative estimate of drug-likeness (QED) is 0.694. The van der Waals surface area contributed by atoms with E-state index < -0.39 is 0 Å². The Labute approximate surface area is 142 Å². The molecular weight excluding hydrogens is 298 g/mol. The summed E-state index contributed by atoms with van der Waals surface area (Å²) in [5, 5.41) is 12.3. The van der Waals surface area contributed by atoms with Gasteiger partial charge in [0.2, 0.25) is 0 Å². The maximum Gasteiger partial charge on any atom is 0.153 e. The van der Waals surface area contributed by atoms with Crippen molar-refractivity contribution in [2.45, 2.75) is 13.1 Å². The van der Waals surface area contributed by atoms with Gasteiger partial charge in [0.25, 0.3) is 0 Å². The van der Waals surface area contributed by atoms with Crippen LogP contribution in [0.3, 0.4) is 0 Å². The van der Waals surface area contributed by atoms with Crippen LogP contribution in [0.2, 0.25) is 0 Å². The summed E-state index contributed by atoms with van der Waals surface area (Å²) in [6.45, 7) is 1.85. The highest BCUT2D eigenvalue weighted by molar-refractivity contribution is 5.78. The Bertz CT molecular complexity index is 688. The van der Waals surface area contributed by atoms with E-state index in [-0.39, 0.29) is 5.75 Å². The first-order valence-electron chi connectivity index (χ1n) is 7.81. The summed E-state index contributed by atoms with van der Waals surface area (Å²) >= 11 is 0. The molecule has 0 spiro atoms. The van der Waals surface area contributed by atoms with E-state index in [2.05, 4.69) is 53.8 Å². The molecule has 3 rings (SSSR count). The number of carbonyl (C=O) groups excluding carboxylic acids is 1. The van der Waals surface area contributed by atoms with Crippen LogP contribution in [0.5, 0.6) is 5.75 Å². The highest BCUT2D eigenvalue weighted by Crippen LogP contribution is 2.11. The monoisotopic (exact) mass is 319 g/mol. The molecule has 0 aliphatic carbocycles. The number of nitrogens with one attached hydrogen (secondary N) is 1. The predicted octanol–water partition coefficient (Wildman–Crippen LogP) is 4.18. The van der Waals surface area contributed by atoms with Crippen molar-refractivity contribution in [1.29, 1.82) is 0 Å². The summed E-state index contributed by atoms with van der Waals surface area (Å²) in [5.74, 6) is 0.0347. The van der Waals surface area contributed by atoms with Crippen LogP contribution >= 0.6 is 0 Å². The smallest absolute Gasteiger partial charge is 0.153 e. The van der Waals surface area contributed by atoms with Gasteiger partial charge in [0, 0.05) is 13.1 Å². The second-order valence-corrected chi connectivity index (χ2v) is 5.25. The number of rotatable bonds is 5. The molecule has 0 heterocycles. The molecule has 0 aromatic heterocycles. The van der Waals surface area contributed by atoms with Gasteiger partial charge < -0.3 is 10.4 Å². The molecule has 0 saturated carbocycles. The maximum absolute atomic E-state index is 10.1. The molecule has 0 bridgehead atoms. The van der Waals surface area contributed by atoms with Crippen LogP contribution in [0.1, 0.15) is 21.5 Å². The summed E-state index contributed by atoms with van der Waals surface area (Å²) in [6, 6.07) is 27.3. The van der Waals surface area contributed by atoms with Gasteiger partial charge >= 0.3 is 0 Å². The average Bonchev–Trinajstić information content (AvgIpc) is 2.64. The van der Waals surface area contributed by atoms with Gasteiger partial charge in [-0.2, -0.15) is 0 Å². The largest absolute Gasteiger partial charge is 0.507 e. The van der Waals surface area contributed by atoms with Crippen molar-refractivity contribution in [3.05, 3.63) is 102 Å². The molecular formula is C21H21NO2. The minimum Gasteiger partial charge on any atom is -0.507 e. The Kier molecular flexibility index (Phi) is 7.25. The summed E-state index contributed by atoms with van der Waals surface area (Å²) in [5.41, 5.74) is 2.99. The molecule has 0 fully saturated rings. The normalized spacial score (nSPS) is 9.67. The Morgan fingerprint density at radius 1 is 0.708 bits per heavy atom. The molecule has 0 aliphatic rings. The van der Waals surface area contributed by atoms with E-state index in [1.807, 2.05) is 12.1 Å². The molecule has 0 radical (unpaired) electrons. The van der Waals surface area contributed by atoms with E-state index in [1.165, 1.54) is 17.2 Å². The summed E-state index contributed by atoms with van der Waals surface area (Å²) < 4.78 is 0. The second-order valence-electron chi connectivity index (χ2n) is 5.25. The first-order valence-corrected chi connectivity index (χ1v) is 7.81. The number of hydrogen-bond acceptors (Lipinski definition) is 3. The zero-order valence-corrected chi connectivity index (χ0v) is 13.4. The summed E-state index contributed by atoms with van der Waals surface area (Å²) in [6.07, 6.45) is 0.620. The third-order valence-corrected chi connectivity index (χ3v) is 3.41. The first-order chi connectivity index (χ1) is 11.8. The van der Waals surface area contributed by atoms with Gasteiger partial charge in [0.05, 0.1) is 5.56 Å². The lowest BCUT2D eigenvalue weighted by Crippen LogP contribution is -2.12. The maximum atomic E-state index is 10.1. The van der Waals surface area contributed by atoms with E-state index in [9.17, 15) is 4.79 Å². The zero-order chi connectivity index (χ0) is 17.0. The molecule has 3 nitrogen and oxygen atoms in total.